The van der Waals surface area contributed by atoms with Crippen molar-refractivity contribution in [1.29, 1.82) is 0 Å². The highest BCUT2D eigenvalue weighted by atomic mass is 32.1. The Kier molecular flexibility index (Phi) is 7.27. The largest absolute Gasteiger partial charge is 0.388 e. The zero-order valence-corrected chi connectivity index (χ0v) is 12.0. The molecule has 0 radical (unpaired) electrons. The van der Waals surface area contributed by atoms with Crippen LogP contribution in [0.1, 0.15) is 0 Å². The van der Waals surface area contributed by atoms with Gasteiger partial charge in [-0.25, -0.2) is 0 Å². The zero-order chi connectivity index (χ0) is 14.3. The molecule has 0 aliphatic heterocycles. The second-order valence-corrected chi connectivity index (χ2v) is 4.39. The molecule has 0 atom stereocenters. The quantitative estimate of drug-likeness (QED) is 0.379. The van der Waals surface area contributed by atoms with Gasteiger partial charge in [-0.05, 0) is 0 Å². The van der Waals surface area contributed by atoms with Crippen LogP contribution in [0.4, 0.5) is 0 Å². The van der Waals surface area contributed by atoms with Crippen molar-refractivity contribution in [2.45, 2.75) is 0 Å². The topological polar surface area (TPSA) is 110 Å². The lowest BCUT2D eigenvalue weighted by molar-refractivity contribution is -0.117. The molecule has 0 aromatic heterocycles. The first kappa shape index (κ1) is 16.6. The summed E-state index contributed by atoms with van der Waals surface area (Å²) < 4.78 is 0. The maximum atomic E-state index is 11.2. The van der Waals surface area contributed by atoms with Crippen LogP contribution in [0.25, 0.3) is 0 Å². The van der Waals surface area contributed by atoms with Crippen molar-refractivity contribution in [2.24, 2.45) is 11.5 Å². The third kappa shape index (κ3) is 7.06. The van der Waals surface area contributed by atoms with Crippen LogP contribution in [0.2, 0.25) is 0 Å². The van der Waals surface area contributed by atoms with E-state index >= 15 is 0 Å². The van der Waals surface area contributed by atoms with E-state index in [1.54, 1.807) is 0 Å². The SMILES string of the molecule is NC(=S)C(=S)NC(=O)/C=C/C(=O)NC(=S)C(N)=S. The summed E-state index contributed by atoms with van der Waals surface area (Å²) in [5.41, 5.74) is 10.3. The van der Waals surface area contributed by atoms with Crippen LogP contribution >= 0.6 is 48.9 Å². The van der Waals surface area contributed by atoms with Crippen molar-refractivity contribution in [1.82, 2.24) is 10.6 Å². The lowest BCUT2D eigenvalue weighted by atomic mass is 10.4. The van der Waals surface area contributed by atoms with E-state index in [4.69, 9.17) is 11.5 Å². The molecule has 0 aliphatic rings. The first-order chi connectivity index (χ1) is 8.23. The summed E-state index contributed by atoms with van der Waals surface area (Å²) in [6, 6.07) is 0. The third-order valence-corrected chi connectivity index (χ3v) is 2.62. The molecule has 0 saturated heterocycles. The molecule has 6 nitrogen and oxygen atoms in total. The second-order valence-electron chi connectivity index (χ2n) is 2.70. The normalized spacial score (nSPS) is 9.56. The summed E-state index contributed by atoms with van der Waals surface area (Å²) >= 11 is 18.4. The number of amides is 2. The van der Waals surface area contributed by atoms with Crippen molar-refractivity contribution >= 4 is 80.6 Å². The zero-order valence-electron chi connectivity index (χ0n) is 8.76. The van der Waals surface area contributed by atoms with Crippen molar-refractivity contribution in [3.63, 3.8) is 0 Å². The van der Waals surface area contributed by atoms with E-state index in [0.717, 1.165) is 12.2 Å². The van der Waals surface area contributed by atoms with Crippen LogP contribution in [0.5, 0.6) is 0 Å². The molecule has 0 aromatic carbocycles. The molecule has 0 aliphatic carbocycles. The molecule has 6 N–H and O–H groups in total. The fourth-order valence-electron chi connectivity index (χ4n) is 0.582. The Morgan fingerprint density at radius 1 is 0.778 bits per heavy atom. The van der Waals surface area contributed by atoms with Crippen LogP contribution in [-0.2, 0) is 9.59 Å². The standard InChI is InChI=1S/C8H8N4O2S4/c9-5(15)7(17)11-3(13)1-2-4(14)12-8(18)6(10)16/h1-2H,(H2,9,15)(H2,10,16)(H,11,13,17)(H,12,14,18)/b2-1+. The van der Waals surface area contributed by atoms with Gasteiger partial charge in [0.05, 0.1) is 0 Å². The molecule has 0 heterocycles. The third-order valence-electron chi connectivity index (χ3n) is 1.31. The maximum Gasteiger partial charge on any atom is 0.249 e. The highest BCUT2D eigenvalue weighted by Crippen LogP contribution is 1.81. The number of nitrogens with one attached hydrogen (secondary N) is 2. The molecule has 0 rings (SSSR count). The van der Waals surface area contributed by atoms with E-state index in [1.165, 1.54) is 0 Å². The summed E-state index contributed by atoms with van der Waals surface area (Å²) in [5, 5.41) is 4.37. The molecule has 0 saturated carbocycles. The number of hydrogen-bond donors (Lipinski definition) is 4. The van der Waals surface area contributed by atoms with Gasteiger partial charge in [-0.2, -0.15) is 0 Å². The van der Waals surface area contributed by atoms with Crippen molar-refractivity contribution in [3.8, 4) is 0 Å². The van der Waals surface area contributed by atoms with Crippen LogP contribution in [0.15, 0.2) is 12.2 Å². The summed E-state index contributed by atoms with van der Waals surface area (Å²) in [5.74, 6) is -1.30. The van der Waals surface area contributed by atoms with Gasteiger partial charge in [0.25, 0.3) is 0 Å². The second kappa shape index (κ2) is 7.87. The number of nitrogens with two attached hydrogens (primary N) is 2. The minimum Gasteiger partial charge on any atom is -0.388 e. The van der Waals surface area contributed by atoms with Crippen LogP contribution in [0.3, 0.4) is 0 Å². The highest BCUT2D eigenvalue weighted by Gasteiger charge is 2.06. The number of hydrogen-bond acceptors (Lipinski definition) is 6. The molecule has 0 unspecified atom stereocenters. The predicted octanol–water partition coefficient (Wildman–Crippen LogP) is -0.998. The smallest absolute Gasteiger partial charge is 0.249 e. The van der Waals surface area contributed by atoms with E-state index in [2.05, 4.69) is 59.5 Å². The number of thiocarbonyl (C=S) groups is 4. The number of rotatable bonds is 2. The summed E-state index contributed by atoms with van der Waals surface area (Å²) in [4.78, 5) is 22.0. The van der Waals surface area contributed by atoms with Gasteiger partial charge in [-0.1, -0.05) is 48.9 Å². The Morgan fingerprint density at radius 2 is 1.06 bits per heavy atom. The van der Waals surface area contributed by atoms with Crippen LogP contribution in [-0.4, -0.2) is 31.8 Å². The fraction of sp³-hybridized carbons (Fsp3) is 0. The van der Waals surface area contributed by atoms with Gasteiger partial charge in [0.15, 0.2) is 0 Å². The van der Waals surface area contributed by atoms with Gasteiger partial charge in [0.1, 0.15) is 20.0 Å². The Morgan fingerprint density at radius 3 is 1.28 bits per heavy atom. The van der Waals surface area contributed by atoms with Crippen molar-refractivity contribution in [3.05, 3.63) is 12.2 Å². The Bertz CT molecular complexity index is 430. The number of carbonyl (C=O) groups excluding carboxylic acids is 2. The average Bonchev–Trinajstić information content (AvgIpc) is 2.25. The molecular weight excluding hydrogens is 312 g/mol. The molecule has 0 bridgehead atoms. The van der Waals surface area contributed by atoms with E-state index in [1.807, 2.05) is 0 Å². The van der Waals surface area contributed by atoms with Gasteiger partial charge in [0.2, 0.25) is 11.8 Å². The first-order valence-corrected chi connectivity index (χ1v) is 5.85. The Labute approximate surface area is 124 Å². The average molecular weight is 320 g/mol. The summed E-state index contributed by atoms with van der Waals surface area (Å²) in [6.45, 7) is 0. The van der Waals surface area contributed by atoms with Gasteiger partial charge in [-0.15, -0.1) is 0 Å². The van der Waals surface area contributed by atoms with Crippen molar-refractivity contribution in [2.75, 3.05) is 0 Å². The van der Waals surface area contributed by atoms with E-state index < -0.39 is 11.8 Å². The van der Waals surface area contributed by atoms with Gasteiger partial charge in [-0.3, -0.25) is 9.59 Å². The van der Waals surface area contributed by atoms with Crippen LogP contribution < -0.4 is 22.1 Å². The maximum absolute atomic E-state index is 11.2. The summed E-state index contributed by atoms with van der Waals surface area (Å²) in [7, 11) is 0. The Hall–Kier alpha value is -1.36. The monoisotopic (exact) mass is 320 g/mol. The van der Waals surface area contributed by atoms with Gasteiger partial charge >= 0.3 is 0 Å². The predicted molar refractivity (Wildman–Crippen MR) is 84.2 cm³/mol. The molecular formula is C8H8N4O2S4. The van der Waals surface area contributed by atoms with Crippen LogP contribution in [0, 0.1) is 0 Å². The molecule has 2 amide bonds. The molecule has 96 valence electrons. The van der Waals surface area contributed by atoms with E-state index in [-0.39, 0.29) is 20.0 Å². The molecule has 0 spiro atoms. The lowest BCUT2D eigenvalue weighted by Gasteiger charge is -2.02. The highest BCUT2D eigenvalue weighted by molar-refractivity contribution is 7.89. The molecule has 18 heavy (non-hydrogen) atoms. The Balaban J connectivity index is 4.31. The first-order valence-electron chi connectivity index (χ1n) is 4.21. The molecule has 0 fully saturated rings. The minimum atomic E-state index is -0.649. The van der Waals surface area contributed by atoms with Gasteiger partial charge < -0.3 is 22.1 Å². The fourth-order valence-corrected chi connectivity index (χ4v) is 0.885. The van der Waals surface area contributed by atoms with E-state index in [0.29, 0.717) is 0 Å². The summed E-state index contributed by atoms with van der Waals surface area (Å²) in [6.07, 6.45) is 1.87. The van der Waals surface area contributed by atoms with E-state index in [9.17, 15) is 9.59 Å². The minimum absolute atomic E-state index is 0.0845. The lowest BCUT2D eigenvalue weighted by Crippen LogP contribution is -2.38. The molecule has 0 aromatic rings. The molecule has 10 heteroatoms. The van der Waals surface area contributed by atoms with Crippen molar-refractivity contribution < 1.29 is 9.59 Å². The number of carbonyl (C=O) groups is 2. The van der Waals surface area contributed by atoms with Gasteiger partial charge in [0, 0.05) is 12.2 Å².